The molecule has 5 heteroatoms. The van der Waals surface area contributed by atoms with Crippen LogP contribution in [-0.2, 0) is 6.54 Å². The van der Waals surface area contributed by atoms with Crippen molar-refractivity contribution >= 4 is 5.91 Å². The van der Waals surface area contributed by atoms with Gasteiger partial charge in [0.05, 0.1) is 12.1 Å². The Morgan fingerprint density at radius 2 is 1.85 bits per heavy atom. The number of benzene rings is 2. The lowest BCUT2D eigenvalue weighted by atomic mass is 10.1. The van der Waals surface area contributed by atoms with E-state index >= 15 is 0 Å². The first-order chi connectivity index (χ1) is 13.3. The summed E-state index contributed by atoms with van der Waals surface area (Å²) < 4.78 is 1.85. The van der Waals surface area contributed by atoms with E-state index in [1.807, 2.05) is 59.4 Å². The highest BCUT2D eigenvalue weighted by molar-refractivity contribution is 6.00. The molecule has 0 bridgehead atoms. The van der Waals surface area contributed by atoms with Gasteiger partial charge in [-0.1, -0.05) is 60.7 Å². The highest BCUT2D eigenvalue weighted by atomic mass is 16.1. The van der Waals surface area contributed by atoms with E-state index < -0.39 is 0 Å². The number of nitrogens with one attached hydrogen (secondary N) is 2. The predicted octanol–water partition coefficient (Wildman–Crippen LogP) is 3.08. The fourth-order valence-corrected chi connectivity index (χ4v) is 3.49. The van der Waals surface area contributed by atoms with E-state index in [4.69, 9.17) is 5.10 Å². The quantitative estimate of drug-likeness (QED) is 0.735. The van der Waals surface area contributed by atoms with E-state index in [2.05, 4.69) is 22.8 Å². The topological polar surface area (TPSA) is 59.0 Å². The van der Waals surface area contributed by atoms with Gasteiger partial charge in [-0.2, -0.15) is 5.10 Å². The van der Waals surface area contributed by atoms with E-state index in [9.17, 15) is 4.79 Å². The summed E-state index contributed by atoms with van der Waals surface area (Å²) >= 11 is 0. The minimum atomic E-state index is -0.0538. The molecule has 4 rings (SSSR count). The molecule has 2 aromatic carbocycles. The normalized spacial score (nSPS) is 16.8. The van der Waals surface area contributed by atoms with Gasteiger partial charge in [-0.25, -0.2) is 0 Å². The van der Waals surface area contributed by atoms with Gasteiger partial charge in [0.2, 0.25) is 0 Å². The van der Waals surface area contributed by atoms with Crippen molar-refractivity contribution in [2.24, 2.45) is 0 Å². The summed E-state index contributed by atoms with van der Waals surface area (Å²) in [7, 11) is 0. The average Bonchev–Trinajstić information content (AvgIpc) is 3.14. The van der Waals surface area contributed by atoms with Crippen LogP contribution in [0, 0.1) is 0 Å². The van der Waals surface area contributed by atoms with Gasteiger partial charge in [-0.15, -0.1) is 0 Å². The van der Waals surface area contributed by atoms with E-state index in [1.54, 1.807) is 0 Å². The van der Waals surface area contributed by atoms with E-state index in [-0.39, 0.29) is 11.9 Å². The molecule has 138 valence electrons. The third-order valence-electron chi connectivity index (χ3n) is 4.87. The average molecular weight is 360 g/mol. The zero-order valence-corrected chi connectivity index (χ0v) is 15.3. The Morgan fingerprint density at radius 3 is 2.56 bits per heavy atom. The third kappa shape index (κ3) is 4.26. The minimum absolute atomic E-state index is 0.0538. The highest BCUT2D eigenvalue weighted by Gasteiger charge is 2.21. The zero-order chi connectivity index (χ0) is 18.5. The molecule has 2 heterocycles. The number of carbonyl (C=O) groups is 1. The molecule has 0 spiro atoms. The van der Waals surface area contributed by atoms with Gasteiger partial charge in [-0.05, 0) is 24.9 Å². The smallest absolute Gasteiger partial charge is 0.255 e. The fraction of sp³-hybridized carbons (Fsp3) is 0.273. The van der Waals surface area contributed by atoms with E-state index in [1.165, 1.54) is 0 Å². The number of rotatable bonds is 5. The van der Waals surface area contributed by atoms with Crippen LogP contribution in [0.5, 0.6) is 0 Å². The Hall–Kier alpha value is -2.92. The Bertz CT molecular complexity index is 883. The Labute approximate surface area is 159 Å². The van der Waals surface area contributed by atoms with E-state index in [0.29, 0.717) is 12.1 Å². The van der Waals surface area contributed by atoms with Crippen LogP contribution in [-0.4, -0.2) is 34.8 Å². The molecule has 0 radical (unpaired) electrons. The third-order valence-corrected chi connectivity index (χ3v) is 4.87. The molecule has 1 unspecified atom stereocenters. The van der Waals surface area contributed by atoms with Gasteiger partial charge in [-0.3, -0.25) is 9.48 Å². The van der Waals surface area contributed by atoms with Crippen LogP contribution in [0.1, 0.15) is 28.8 Å². The molecule has 1 aliphatic rings. The van der Waals surface area contributed by atoms with Crippen molar-refractivity contribution in [3.05, 3.63) is 78.0 Å². The summed E-state index contributed by atoms with van der Waals surface area (Å²) in [5.74, 6) is -0.0538. The van der Waals surface area contributed by atoms with Crippen LogP contribution in [0.15, 0.2) is 66.9 Å². The summed E-state index contributed by atoms with van der Waals surface area (Å²) in [6, 6.07) is 20.2. The Kier molecular flexibility index (Phi) is 5.30. The first-order valence-electron chi connectivity index (χ1n) is 9.48. The highest BCUT2D eigenvalue weighted by Crippen LogP contribution is 2.22. The van der Waals surface area contributed by atoms with E-state index in [0.717, 1.165) is 42.8 Å². The summed E-state index contributed by atoms with van der Waals surface area (Å²) in [6.07, 6.45) is 3.96. The second-order valence-electron chi connectivity index (χ2n) is 6.96. The minimum Gasteiger partial charge on any atom is -0.348 e. The zero-order valence-electron chi connectivity index (χ0n) is 15.3. The van der Waals surface area contributed by atoms with Crippen molar-refractivity contribution in [3.63, 3.8) is 0 Å². The maximum absolute atomic E-state index is 13.0. The van der Waals surface area contributed by atoms with Crippen molar-refractivity contribution < 1.29 is 4.79 Å². The lowest BCUT2D eigenvalue weighted by Gasteiger charge is -2.23. The molecular formula is C22H24N4O. The molecule has 3 aromatic rings. The molecule has 27 heavy (non-hydrogen) atoms. The second-order valence-corrected chi connectivity index (χ2v) is 6.96. The number of piperidine rings is 1. The molecule has 1 atom stereocenters. The van der Waals surface area contributed by atoms with Crippen LogP contribution >= 0.6 is 0 Å². The van der Waals surface area contributed by atoms with Crippen LogP contribution in [0.3, 0.4) is 0 Å². The first-order valence-corrected chi connectivity index (χ1v) is 9.48. The number of amides is 1. The molecule has 1 saturated heterocycles. The summed E-state index contributed by atoms with van der Waals surface area (Å²) in [5, 5.41) is 11.2. The maximum atomic E-state index is 13.0. The molecular weight excluding hydrogens is 336 g/mol. The van der Waals surface area contributed by atoms with Crippen LogP contribution in [0.4, 0.5) is 0 Å². The summed E-state index contributed by atoms with van der Waals surface area (Å²) in [4.78, 5) is 13.0. The number of nitrogens with zero attached hydrogens (tertiary/aromatic N) is 2. The molecule has 5 nitrogen and oxygen atoms in total. The predicted molar refractivity (Wildman–Crippen MR) is 107 cm³/mol. The van der Waals surface area contributed by atoms with Crippen molar-refractivity contribution in [2.45, 2.75) is 25.4 Å². The van der Waals surface area contributed by atoms with Gasteiger partial charge in [0.1, 0.15) is 5.69 Å². The second kappa shape index (κ2) is 8.18. The Balaban J connectivity index is 1.62. The summed E-state index contributed by atoms with van der Waals surface area (Å²) in [6.45, 7) is 2.49. The van der Waals surface area contributed by atoms with Crippen molar-refractivity contribution in [1.82, 2.24) is 20.4 Å². The first kappa shape index (κ1) is 17.5. The van der Waals surface area contributed by atoms with Gasteiger partial charge < -0.3 is 10.6 Å². The van der Waals surface area contributed by atoms with Crippen LogP contribution in [0.2, 0.25) is 0 Å². The lowest BCUT2D eigenvalue weighted by molar-refractivity contribution is 0.0931. The Morgan fingerprint density at radius 1 is 1.11 bits per heavy atom. The van der Waals surface area contributed by atoms with Crippen molar-refractivity contribution in [2.75, 3.05) is 13.1 Å². The lowest BCUT2D eigenvalue weighted by Crippen LogP contribution is -2.45. The molecule has 1 aliphatic heterocycles. The largest absolute Gasteiger partial charge is 0.348 e. The molecule has 2 N–H and O–H groups in total. The van der Waals surface area contributed by atoms with Gasteiger partial charge in [0.25, 0.3) is 5.91 Å². The molecule has 1 amide bonds. The molecule has 1 aromatic heterocycles. The molecule has 0 saturated carbocycles. The van der Waals surface area contributed by atoms with Crippen LogP contribution < -0.4 is 10.6 Å². The van der Waals surface area contributed by atoms with Gasteiger partial charge >= 0.3 is 0 Å². The number of aromatic nitrogens is 2. The monoisotopic (exact) mass is 360 g/mol. The SMILES string of the molecule is O=C(NC1CCCNC1)c1cn(Cc2ccccc2)nc1-c1ccccc1. The summed E-state index contributed by atoms with van der Waals surface area (Å²) in [5.41, 5.74) is 3.47. The van der Waals surface area contributed by atoms with Crippen LogP contribution in [0.25, 0.3) is 11.3 Å². The number of hydrogen-bond donors (Lipinski definition) is 2. The van der Waals surface area contributed by atoms with Gasteiger partial charge in [0.15, 0.2) is 0 Å². The number of carbonyl (C=O) groups excluding carboxylic acids is 1. The maximum Gasteiger partial charge on any atom is 0.255 e. The number of hydrogen-bond acceptors (Lipinski definition) is 3. The fourth-order valence-electron chi connectivity index (χ4n) is 3.49. The van der Waals surface area contributed by atoms with Crippen molar-refractivity contribution in [1.29, 1.82) is 0 Å². The van der Waals surface area contributed by atoms with Gasteiger partial charge in [0, 0.05) is 24.3 Å². The molecule has 0 aliphatic carbocycles. The van der Waals surface area contributed by atoms with Crippen molar-refractivity contribution in [3.8, 4) is 11.3 Å². The molecule has 1 fully saturated rings. The standard InChI is InChI=1S/C22H24N4O/c27-22(24-19-12-7-13-23-14-19)20-16-26(15-17-8-3-1-4-9-17)25-21(20)18-10-5-2-6-11-18/h1-6,8-11,16,19,23H,7,12-15H2,(H,24,27).